The Hall–Kier alpha value is -1.40. The van der Waals surface area contributed by atoms with Crippen molar-refractivity contribution in [3.8, 4) is 11.5 Å². The minimum atomic E-state index is -2.40. The fourth-order valence-electron chi connectivity index (χ4n) is 1.75. The van der Waals surface area contributed by atoms with E-state index in [2.05, 4.69) is 5.32 Å². The second kappa shape index (κ2) is 7.25. The lowest BCUT2D eigenvalue weighted by molar-refractivity contribution is 0.0187. The van der Waals surface area contributed by atoms with Crippen LogP contribution in [-0.4, -0.2) is 39.4 Å². The molecule has 1 heterocycles. The van der Waals surface area contributed by atoms with Crippen molar-refractivity contribution < 1.29 is 23.0 Å². The van der Waals surface area contributed by atoms with Crippen molar-refractivity contribution in [2.24, 2.45) is 0 Å². The molecule has 1 aliphatic rings. The third-order valence-electron chi connectivity index (χ3n) is 2.60. The Morgan fingerprint density at radius 3 is 2.79 bits per heavy atom. The highest BCUT2D eigenvalue weighted by Gasteiger charge is 2.11. The van der Waals surface area contributed by atoms with Crippen LogP contribution in [0.4, 0.5) is 8.78 Å². The minimum absolute atomic E-state index is 0.273. The van der Waals surface area contributed by atoms with Crippen molar-refractivity contribution in [1.29, 1.82) is 0 Å². The van der Waals surface area contributed by atoms with Gasteiger partial charge in [-0.3, -0.25) is 0 Å². The largest absolute Gasteiger partial charge is 0.486 e. The Bertz CT molecular complexity index is 401. The van der Waals surface area contributed by atoms with Gasteiger partial charge in [0.15, 0.2) is 11.5 Å². The highest BCUT2D eigenvalue weighted by Crippen LogP contribution is 2.30. The maximum absolute atomic E-state index is 11.8. The van der Waals surface area contributed by atoms with E-state index in [-0.39, 0.29) is 6.61 Å². The van der Waals surface area contributed by atoms with E-state index in [4.69, 9.17) is 14.2 Å². The first-order chi connectivity index (χ1) is 9.25. The number of halogens is 2. The lowest BCUT2D eigenvalue weighted by Gasteiger charge is -2.19. The second-order valence-corrected chi connectivity index (χ2v) is 4.12. The summed E-state index contributed by atoms with van der Waals surface area (Å²) in [6.07, 6.45) is -2.40. The smallest absolute Gasteiger partial charge is 0.261 e. The number of hydrogen-bond donors (Lipinski definition) is 1. The van der Waals surface area contributed by atoms with Crippen molar-refractivity contribution in [2.45, 2.75) is 13.0 Å². The maximum atomic E-state index is 11.8. The summed E-state index contributed by atoms with van der Waals surface area (Å²) >= 11 is 0. The van der Waals surface area contributed by atoms with Gasteiger partial charge in [0, 0.05) is 13.1 Å². The summed E-state index contributed by atoms with van der Waals surface area (Å²) in [7, 11) is 0. The molecule has 19 heavy (non-hydrogen) atoms. The molecule has 0 unspecified atom stereocenters. The summed E-state index contributed by atoms with van der Waals surface area (Å²) in [5.74, 6) is 1.51. The van der Waals surface area contributed by atoms with E-state index < -0.39 is 13.0 Å². The van der Waals surface area contributed by atoms with Crippen LogP contribution < -0.4 is 14.8 Å². The molecule has 6 heteroatoms. The summed E-state index contributed by atoms with van der Waals surface area (Å²) in [6.45, 7) is 2.06. The van der Waals surface area contributed by atoms with Crippen LogP contribution in [0.3, 0.4) is 0 Å². The zero-order chi connectivity index (χ0) is 13.5. The first kappa shape index (κ1) is 14.0. The van der Waals surface area contributed by atoms with Crippen molar-refractivity contribution in [1.82, 2.24) is 5.32 Å². The summed E-state index contributed by atoms with van der Waals surface area (Å²) in [5, 5.41) is 3.12. The van der Waals surface area contributed by atoms with Gasteiger partial charge in [-0.2, -0.15) is 0 Å². The minimum Gasteiger partial charge on any atom is -0.486 e. The Morgan fingerprint density at radius 2 is 2.00 bits per heavy atom. The average Bonchev–Trinajstić information content (AvgIpc) is 2.42. The molecular formula is C13H17F2NO3. The van der Waals surface area contributed by atoms with Crippen molar-refractivity contribution >= 4 is 0 Å². The lowest BCUT2D eigenvalue weighted by Crippen LogP contribution is -2.21. The molecule has 0 fully saturated rings. The van der Waals surface area contributed by atoms with Crippen LogP contribution in [0.2, 0.25) is 0 Å². The molecule has 4 nitrogen and oxygen atoms in total. The molecule has 1 aromatic carbocycles. The van der Waals surface area contributed by atoms with E-state index in [0.29, 0.717) is 26.3 Å². The number of nitrogens with one attached hydrogen (secondary N) is 1. The van der Waals surface area contributed by atoms with Gasteiger partial charge in [0.25, 0.3) is 6.43 Å². The molecule has 1 N–H and O–H groups in total. The summed E-state index contributed by atoms with van der Waals surface area (Å²) in [5.41, 5.74) is 1.05. The molecule has 0 atom stereocenters. The molecule has 0 saturated heterocycles. The number of rotatable bonds is 7. The molecule has 0 aliphatic carbocycles. The van der Waals surface area contributed by atoms with E-state index in [1.807, 2.05) is 18.2 Å². The van der Waals surface area contributed by atoms with Gasteiger partial charge in [0.1, 0.15) is 19.8 Å². The molecule has 0 aromatic heterocycles. The van der Waals surface area contributed by atoms with E-state index in [9.17, 15) is 8.78 Å². The van der Waals surface area contributed by atoms with Gasteiger partial charge < -0.3 is 19.5 Å². The van der Waals surface area contributed by atoms with Crippen LogP contribution in [0.25, 0.3) is 0 Å². The van der Waals surface area contributed by atoms with Gasteiger partial charge in [-0.1, -0.05) is 6.07 Å². The quantitative estimate of drug-likeness (QED) is 0.769. The predicted octanol–water partition coefficient (Wildman–Crippen LogP) is 1.83. The Kier molecular flexibility index (Phi) is 5.35. The topological polar surface area (TPSA) is 39.7 Å². The van der Waals surface area contributed by atoms with E-state index in [0.717, 1.165) is 17.1 Å². The van der Waals surface area contributed by atoms with Gasteiger partial charge in [-0.15, -0.1) is 0 Å². The highest BCUT2D eigenvalue weighted by molar-refractivity contribution is 5.43. The van der Waals surface area contributed by atoms with Crippen molar-refractivity contribution in [3.05, 3.63) is 23.8 Å². The van der Waals surface area contributed by atoms with Gasteiger partial charge in [0.05, 0.1) is 6.61 Å². The molecule has 106 valence electrons. The van der Waals surface area contributed by atoms with E-state index >= 15 is 0 Å². The van der Waals surface area contributed by atoms with Gasteiger partial charge in [-0.25, -0.2) is 8.78 Å². The van der Waals surface area contributed by atoms with Crippen LogP contribution in [-0.2, 0) is 11.3 Å². The third-order valence-corrected chi connectivity index (χ3v) is 2.60. The third kappa shape index (κ3) is 4.65. The van der Waals surface area contributed by atoms with Gasteiger partial charge >= 0.3 is 0 Å². The van der Waals surface area contributed by atoms with Crippen LogP contribution in [0.1, 0.15) is 5.56 Å². The summed E-state index contributed by atoms with van der Waals surface area (Å²) in [6, 6.07) is 5.74. The second-order valence-electron chi connectivity index (χ2n) is 4.12. The molecule has 1 aromatic rings. The maximum Gasteiger partial charge on any atom is 0.261 e. The molecule has 0 spiro atoms. The molecule has 0 amide bonds. The number of fused-ring (bicyclic) bond motifs is 1. The SMILES string of the molecule is FC(F)COCCNCc1ccc2c(c1)OCCO2. The van der Waals surface area contributed by atoms with Crippen LogP contribution in [0.15, 0.2) is 18.2 Å². The zero-order valence-corrected chi connectivity index (χ0v) is 10.5. The van der Waals surface area contributed by atoms with Crippen molar-refractivity contribution in [3.63, 3.8) is 0 Å². The van der Waals surface area contributed by atoms with Gasteiger partial charge in [0.2, 0.25) is 0 Å². The normalized spacial score (nSPS) is 13.8. The summed E-state index contributed by atoms with van der Waals surface area (Å²) in [4.78, 5) is 0. The fourth-order valence-corrected chi connectivity index (χ4v) is 1.75. The Labute approximate surface area is 110 Å². The number of benzene rings is 1. The fraction of sp³-hybridized carbons (Fsp3) is 0.538. The Balaban J connectivity index is 1.68. The zero-order valence-electron chi connectivity index (χ0n) is 10.5. The lowest BCUT2D eigenvalue weighted by atomic mass is 10.2. The molecule has 0 radical (unpaired) electrons. The number of hydrogen-bond acceptors (Lipinski definition) is 4. The Morgan fingerprint density at radius 1 is 1.21 bits per heavy atom. The first-order valence-corrected chi connectivity index (χ1v) is 6.21. The van der Waals surface area contributed by atoms with Crippen LogP contribution in [0, 0.1) is 0 Å². The van der Waals surface area contributed by atoms with Crippen LogP contribution >= 0.6 is 0 Å². The molecular weight excluding hydrogens is 256 g/mol. The molecule has 2 rings (SSSR count). The van der Waals surface area contributed by atoms with E-state index in [1.165, 1.54) is 0 Å². The molecule has 1 aliphatic heterocycles. The first-order valence-electron chi connectivity index (χ1n) is 6.21. The molecule has 0 bridgehead atoms. The standard InChI is InChI=1S/C13H17F2NO3/c14-13(15)9-17-4-3-16-8-10-1-2-11-12(7-10)19-6-5-18-11/h1-2,7,13,16H,3-6,8-9H2. The monoisotopic (exact) mass is 273 g/mol. The number of ether oxygens (including phenoxy) is 3. The van der Waals surface area contributed by atoms with E-state index in [1.54, 1.807) is 0 Å². The highest BCUT2D eigenvalue weighted by atomic mass is 19.3. The predicted molar refractivity (Wildman–Crippen MR) is 66.0 cm³/mol. The average molecular weight is 273 g/mol. The number of alkyl halides is 2. The molecule has 0 saturated carbocycles. The van der Waals surface area contributed by atoms with Crippen molar-refractivity contribution in [2.75, 3.05) is 33.0 Å². The van der Waals surface area contributed by atoms with Crippen LogP contribution in [0.5, 0.6) is 11.5 Å². The van der Waals surface area contributed by atoms with Gasteiger partial charge in [-0.05, 0) is 17.7 Å². The summed E-state index contributed by atoms with van der Waals surface area (Å²) < 4.78 is 39.3.